The minimum atomic E-state index is -1.29. The molecule has 2 heterocycles. The van der Waals surface area contributed by atoms with Crippen LogP contribution < -0.4 is 20.4 Å². The molecule has 4 rings (SSSR count). The summed E-state index contributed by atoms with van der Waals surface area (Å²) in [5, 5.41) is 5.56. The van der Waals surface area contributed by atoms with Gasteiger partial charge in [0, 0.05) is 41.6 Å². The summed E-state index contributed by atoms with van der Waals surface area (Å²) in [7, 11) is 0. The molecule has 9 heteroatoms. The van der Waals surface area contributed by atoms with Gasteiger partial charge in [0.2, 0.25) is 6.17 Å². The fourth-order valence-corrected chi connectivity index (χ4v) is 4.43. The molecular formula is C31H36N6O3. The SMILES string of the molecule is CCN(CC)c1cccc(NC(=O)N[C@@H]2N=C(c3ccccn3)c3ccccc3N(CC(=O)C(C)(C)C)C2=O)c1. The number of aromatic nitrogens is 1. The maximum Gasteiger partial charge on any atom is 0.321 e. The van der Waals surface area contributed by atoms with Crippen LogP contribution in [0.4, 0.5) is 21.9 Å². The van der Waals surface area contributed by atoms with Crippen molar-refractivity contribution in [1.29, 1.82) is 0 Å². The summed E-state index contributed by atoms with van der Waals surface area (Å²) in [4.78, 5) is 53.0. The van der Waals surface area contributed by atoms with Crippen molar-refractivity contribution in [3.8, 4) is 0 Å². The van der Waals surface area contributed by atoms with E-state index in [-0.39, 0.29) is 12.3 Å². The van der Waals surface area contributed by atoms with Crippen molar-refractivity contribution in [1.82, 2.24) is 10.3 Å². The van der Waals surface area contributed by atoms with E-state index in [4.69, 9.17) is 4.99 Å². The van der Waals surface area contributed by atoms with Crippen LogP contribution in [0.5, 0.6) is 0 Å². The summed E-state index contributed by atoms with van der Waals surface area (Å²) >= 11 is 0. The molecular weight excluding hydrogens is 504 g/mol. The number of benzodiazepines with no additional fused rings is 1. The van der Waals surface area contributed by atoms with Crippen molar-refractivity contribution in [3.63, 3.8) is 0 Å². The van der Waals surface area contributed by atoms with Gasteiger partial charge in [0.05, 0.1) is 23.6 Å². The zero-order chi connectivity index (χ0) is 28.9. The minimum Gasteiger partial charge on any atom is -0.372 e. The van der Waals surface area contributed by atoms with Crippen LogP contribution in [0.3, 0.4) is 0 Å². The molecule has 208 valence electrons. The molecule has 0 saturated carbocycles. The van der Waals surface area contributed by atoms with Gasteiger partial charge in [0.25, 0.3) is 5.91 Å². The monoisotopic (exact) mass is 540 g/mol. The largest absolute Gasteiger partial charge is 0.372 e. The highest BCUT2D eigenvalue weighted by Gasteiger charge is 2.36. The Morgan fingerprint density at radius 3 is 2.38 bits per heavy atom. The topological polar surface area (TPSA) is 107 Å². The number of urea groups is 1. The standard InChI is InChI=1S/C31H36N6O3/c1-6-36(7-2)22-14-12-13-21(19-22)33-30(40)35-28-29(39)37(20-26(38)31(3,4)5)25-17-9-8-15-23(25)27(34-28)24-16-10-11-18-32-24/h8-19,28H,6-7,20H2,1-5H3,(H2,33,35,40)/t28-/m0/s1. The summed E-state index contributed by atoms with van der Waals surface area (Å²) in [5.74, 6) is -0.628. The molecule has 0 unspecified atom stereocenters. The molecule has 0 spiro atoms. The molecule has 1 aliphatic rings. The van der Waals surface area contributed by atoms with E-state index in [1.165, 1.54) is 4.90 Å². The molecule has 0 fully saturated rings. The van der Waals surface area contributed by atoms with E-state index in [9.17, 15) is 14.4 Å². The number of para-hydroxylation sites is 1. The highest BCUT2D eigenvalue weighted by molar-refractivity contribution is 6.20. The second-order valence-corrected chi connectivity index (χ2v) is 10.5. The van der Waals surface area contributed by atoms with Gasteiger partial charge in [0.15, 0.2) is 5.78 Å². The van der Waals surface area contributed by atoms with Crippen LogP contribution in [-0.2, 0) is 9.59 Å². The number of carbonyl (C=O) groups is 3. The van der Waals surface area contributed by atoms with Gasteiger partial charge in [-0.15, -0.1) is 0 Å². The number of hydrogen-bond acceptors (Lipinski definition) is 6. The third-order valence-electron chi connectivity index (χ3n) is 6.75. The maximum atomic E-state index is 14.0. The Labute approximate surface area is 235 Å². The number of fused-ring (bicyclic) bond motifs is 1. The smallest absolute Gasteiger partial charge is 0.321 e. The number of anilines is 3. The molecule has 0 aliphatic carbocycles. The van der Waals surface area contributed by atoms with E-state index in [0.29, 0.717) is 28.3 Å². The van der Waals surface area contributed by atoms with Gasteiger partial charge >= 0.3 is 6.03 Å². The molecule has 2 N–H and O–H groups in total. The second kappa shape index (κ2) is 12.1. The zero-order valence-corrected chi connectivity index (χ0v) is 23.6. The lowest BCUT2D eigenvalue weighted by Crippen LogP contribution is -2.50. The Bertz CT molecular complexity index is 1410. The van der Waals surface area contributed by atoms with Crippen molar-refractivity contribution >= 4 is 40.5 Å². The van der Waals surface area contributed by atoms with Gasteiger partial charge in [-0.3, -0.25) is 14.6 Å². The van der Waals surface area contributed by atoms with Crippen LogP contribution >= 0.6 is 0 Å². The van der Waals surface area contributed by atoms with Crippen molar-refractivity contribution in [2.45, 2.75) is 40.8 Å². The first-order chi connectivity index (χ1) is 19.1. The van der Waals surface area contributed by atoms with E-state index in [1.807, 2.05) is 57.2 Å². The van der Waals surface area contributed by atoms with Crippen molar-refractivity contribution in [2.75, 3.05) is 34.8 Å². The average Bonchev–Trinajstić information content (AvgIpc) is 3.04. The Morgan fingerprint density at radius 2 is 1.70 bits per heavy atom. The Hall–Kier alpha value is -4.53. The van der Waals surface area contributed by atoms with Gasteiger partial charge in [0.1, 0.15) is 0 Å². The molecule has 40 heavy (non-hydrogen) atoms. The normalized spacial score (nSPS) is 15.0. The Balaban J connectivity index is 1.70. The number of Topliss-reactive ketones (excluding diaryl/α,β-unsaturated/α-hetero) is 1. The third-order valence-corrected chi connectivity index (χ3v) is 6.75. The first-order valence-electron chi connectivity index (χ1n) is 13.5. The van der Waals surface area contributed by atoms with Gasteiger partial charge < -0.3 is 20.4 Å². The van der Waals surface area contributed by atoms with Gasteiger partial charge in [-0.2, -0.15) is 0 Å². The van der Waals surface area contributed by atoms with Crippen LogP contribution in [0.25, 0.3) is 0 Å². The number of aliphatic imine (C=N–C) groups is 1. The average molecular weight is 541 g/mol. The molecule has 1 aliphatic heterocycles. The van der Waals surface area contributed by atoms with Crippen molar-refractivity contribution in [2.24, 2.45) is 10.4 Å². The van der Waals surface area contributed by atoms with Crippen LogP contribution in [0.1, 0.15) is 45.9 Å². The molecule has 3 amide bonds. The summed E-state index contributed by atoms with van der Waals surface area (Å²) in [6, 6.07) is 19.6. The lowest BCUT2D eigenvalue weighted by molar-refractivity contribution is -0.127. The predicted octanol–water partition coefficient (Wildman–Crippen LogP) is 4.87. The lowest BCUT2D eigenvalue weighted by atomic mass is 9.90. The van der Waals surface area contributed by atoms with E-state index in [1.54, 1.807) is 36.5 Å². The summed E-state index contributed by atoms with van der Waals surface area (Å²) in [5.41, 5.74) is 3.07. The fraction of sp³-hybridized carbons (Fsp3) is 0.323. The van der Waals surface area contributed by atoms with E-state index < -0.39 is 23.5 Å². The number of nitrogens with zero attached hydrogens (tertiary/aromatic N) is 4. The minimum absolute atomic E-state index is 0.117. The molecule has 0 bridgehead atoms. The van der Waals surface area contributed by atoms with Crippen molar-refractivity contribution in [3.05, 3.63) is 84.2 Å². The van der Waals surface area contributed by atoms with Crippen molar-refractivity contribution < 1.29 is 14.4 Å². The lowest BCUT2D eigenvalue weighted by Gasteiger charge is -2.28. The van der Waals surface area contributed by atoms with Gasteiger partial charge in [-0.25, -0.2) is 9.79 Å². The first kappa shape index (κ1) is 28.5. The van der Waals surface area contributed by atoms with Crippen LogP contribution in [0.15, 0.2) is 77.9 Å². The molecule has 1 aromatic heterocycles. The highest BCUT2D eigenvalue weighted by atomic mass is 16.2. The highest BCUT2D eigenvalue weighted by Crippen LogP contribution is 2.29. The zero-order valence-electron chi connectivity index (χ0n) is 23.6. The second-order valence-electron chi connectivity index (χ2n) is 10.5. The number of pyridine rings is 1. The fourth-order valence-electron chi connectivity index (χ4n) is 4.43. The van der Waals surface area contributed by atoms with Gasteiger partial charge in [-0.1, -0.05) is 51.1 Å². The number of nitrogens with one attached hydrogen (secondary N) is 2. The summed E-state index contributed by atoms with van der Waals surface area (Å²) < 4.78 is 0. The molecule has 1 atom stereocenters. The predicted molar refractivity (Wildman–Crippen MR) is 159 cm³/mol. The number of ketones is 1. The van der Waals surface area contributed by atoms with Crippen LogP contribution in [0.2, 0.25) is 0 Å². The number of rotatable bonds is 8. The number of hydrogen-bond donors (Lipinski definition) is 2. The maximum absolute atomic E-state index is 14.0. The number of amides is 3. The third kappa shape index (κ3) is 6.36. The van der Waals surface area contributed by atoms with Crippen LogP contribution in [-0.4, -0.2) is 54.2 Å². The summed E-state index contributed by atoms with van der Waals surface area (Å²) in [6.07, 6.45) is 0.356. The van der Waals surface area contributed by atoms with E-state index in [2.05, 4.69) is 34.4 Å². The van der Waals surface area contributed by atoms with E-state index in [0.717, 1.165) is 18.8 Å². The molecule has 0 saturated heterocycles. The van der Waals surface area contributed by atoms with E-state index >= 15 is 0 Å². The molecule has 3 aromatic rings. The van der Waals surface area contributed by atoms with Gasteiger partial charge in [-0.05, 0) is 50.2 Å². The van der Waals surface area contributed by atoms with Crippen LogP contribution in [0, 0.1) is 5.41 Å². The Kier molecular flexibility index (Phi) is 8.62. The first-order valence-corrected chi connectivity index (χ1v) is 13.5. The molecule has 2 aromatic carbocycles. The Morgan fingerprint density at radius 1 is 0.975 bits per heavy atom. The molecule has 0 radical (unpaired) electrons. The quantitative estimate of drug-likeness (QED) is 0.424. The number of benzene rings is 2. The summed E-state index contributed by atoms with van der Waals surface area (Å²) in [6.45, 7) is 11.1. The molecule has 9 nitrogen and oxygen atoms in total. The number of carbonyl (C=O) groups excluding carboxylic acids is 3.